The number of piperazine rings is 1. The molecular formula is C13H19N5. The maximum atomic E-state index is 8.48. The molecule has 0 unspecified atom stereocenters. The molecular weight excluding hydrogens is 226 g/mol. The first-order valence-electron chi connectivity index (χ1n) is 6.51. The van der Waals surface area contributed by atoms with Gasteiger partial charge in [0.05, 0.1) is 6.07 Å². The Labute approximate surface area is 108 Å². The molecule has 0 radical (unpaired) electrons. The second kappa shape index (κ2) is 6.92. The fraction of sp³-hybridized carbons (Fsp3) is 0.615. The third-order valence-corrected chi connectivity index (χ3v) is 3.22. The molecule has 0 saturated carbocycles. The van der Waals surface area contributed by atoms with Crippen molar-refractivity contribution in [3.8, 4) is 6.07 Å². The lowest BCUT2D eigenvalue weighted by Gasteiger charge is -2.34. The number of hydrogen-bond acceptors (Lipinski definition) is 5. The van der Waals surface area contributed by atoms with Crippen molar-refractivity contribution in [1.29, 1.82) is 5.26 Å². The van der Waals surface area contributed by atoms with E-state index in [1.54, 1.807) is 12.4 Å². The first-order valence-corrected chi connectivity index (χ1v) is 6.51. The minimum Gasteiger partial charge on any atom is -0.338 e. The molecule has 96 valence electrons. The van der Waals surface area contributed by atoms with Gasteiger partial charge in [-0.1, -0.05) is 0 Å². The number of hydrogen-bond donors (Lipinski definition) is 0. The highest BCUT2D eigenvalue weighted by atomic mass is 15.3. The third-order valence-electron chi connectivity index (χ3n) is 3.22. The third kappa shape index (κ3) is 3.67. The second-order valence-corrected chi connectivity index (χ2v) is 4.49. The average Bonchev–Trinajstić information content (AvgIpc) is 2.45. The number of anilines is 1. The van der Waals surface area contributed by atoms with Crippen LogP contribution in [0.4, 0.5) is 5.95 Å². The lowest BCUT2D eigenvalue weighted by atomic mass is 10.2. The van der Waals surface area contributed by atoms with Crippen LogP contribution in [0, 0.1) is 11.3 Å². The lowest BCUT2D eigenvalue weighted by Crippen LogP contribution is -2.47. The quantitative estimate of drug-likeness (QED) is 0.732. The fourth-order valence-corrected chi connectivity index (χ4v) is 2.17. The van der Waals surface area contributed by atoms with Gasteiger partial charge in [0.2, 0.25) is 5.95 Å². The standard InChI is InChI=1S/C13H19N5/c14-5-2-1-3-8-17-9-11-18(12-10-17)13-15-6-4-7-16-13/h4,6-7H,1-3,8-12H2. The molecule has 0 N–H and O–H groups in total. The smallest absolute Gasteiger partial charge is 0.225 e. The summed E-state index contributed by atoms with van der Waals surface area (Å²) >= 11 is 0. The molecule has 1 aromatic heterocycles. The van der Waals surface area contributed by atoms with Crippen molar-refractivity contribution in [2.24, 2.45) is 0 Å². The van der Waals surface area contributed by atoms with Crippen LogP contribution in [0.1, 0.15) is 19.3 Å². The van der Waals surface area contributed by atoms with Crippen LogP contribution in [0.3, 0.4) is 0 Å². The van der Waals surface area contributed by atoms with E-state index in [-0.39, 0.29) is 0 Å². The lowest BCUT2D eigenvalue weighted by molar-refractivity contribution is 0.252. The van der Waals surface area contributed by atoms with Gasteiger partial charge in [-0.15, -0.1) is 0 Å². The molecule has 2 rings (SSSR count). The van der Waals surface area contributed by atoms with Crippen molar-refractivity contribution in [2.75, 3.05) is 37.6 Å². The van der Waals surface area contributed by atoms with Crippen LogP contribution in [0.25, 0.3) is 0 Å². The molecule has 0 spiro atoms. The van der Waals surface area contributed by atoms with Gasteiger partial charge in [0, 0.05) is 45.0 Å². The van der Waals surface area contributed by atoms with Gasteiger partial charge in [-0.3, -0.25) is 4.90 Å². The normalized spacial score (nSPS) is 16.5. The monoisotopic (exact) mass is 245 g/mol. The Balaban J connectivity index is 1.70. The average molecular weight is 245 g/mol. The van der Waals surface area contributed by atoms with Crippen LogP contribution in [-0.4, -0.2) is 47.6 Å². The Bertz CT molecular complexity index is 378. The molecule has 1 aliphatic rings. The van der Waals surface area contributed by atoms with Gasteiger partial charge in [-0.25, -0.2) is 9.97 Å². The number of unbranched alkanes of at least 4 members (excludes halogenated alkanes) is 2. The molecule has 18 heavy (non-hydrogen) atoms. The predicted molar refractivity (Wildman–Crippen MR) is 70.1 cm³/mol. The summed E-state index contributed by atoms with van der Waals surface area (Å²) in [6, 6.07) is 4.03. The van der Waals surface area contributed by atoms with Crippen LogP contribution < -0.4 is 4.90 Å². The van der Waals surface area contributed by atoms with Gasteiger partial charge >= 0.3 is 0 Å². The van der Waals surface area contributed by atoms with E-state index in [0.717, 1.165) is 51.5 Å². The van der Waals surface area contributed by atoms with Gasteiger partial charge < -0.3 is 4.90 Å². The highest BCUT2D eigenvalue weighted by Crippen LogP contribution is 2.10. The van der Waals surface area contributed by atoms with Gasteiger partial charge in [0.15, 0.2) is 0 Å². The molecule has 0 bridgehead atoms. The molecule has 1 aliphatic heterocycles. The number of nitriles is 1. The first-order chi connectivity index (χ1) is 8.90. The number of nitrogens with zero attached hydrogens (tertiary/aromatic N) is 5. The zero-order valence-electron chi connectivity index (χ0n) is 10.6. The Morgan fingerprint density at radius 3 is 2.50 bits per heavy atom. The molecule has 0 atom stereocenters. The van der Waals surface area contributed by atoms with Crippen molar-refractivity contribution in [2.45, 2.75) is 19.3 Å². The summed E-state index contributed by atoms with van der Waals surface area (Å²) in [5.74, 6) is 0.835. The van der Waals surface area contributed by atoms with E-state index in [1.165, 1.54) is 0 Å². The molecule has 0 aromatic carbocycles. The second-order valence-electron chi connectivity index (χ2n) is 4.49. The van der Waals surface area contributed by atoms with Gasteiger partial charge in [-0.2, -0.15) is 5.26 Å². The Kier molecular flexibility index (Phi) is 4.91. The molecule has 5 nitrogen and oxygen atoms in total. The summed E-state index contributed by atoms with van der Waals surface area (Å²) in [5, 5.41) is 8.48. The maximum absolute atomic E-state index is 8.48. The van der Waals surface area contributed by atoms with E-state index in [0.29, 0.717) is 6.42 Å². The van der Waals surface area contributed by atoms with Gasteiger partial charge in [0.1, 0.15) is 0 Å². The van der Waals surface area contributed by atoms with E-state index < -0.39 is 0 Å². The maximum Gasteiger partial charge on any atom is 0.225 e. The summed E-state index contributed by atoms with van der Waals surface area (Å²) in [4.78, 5) is 13.2. The first kappa shape index (κ1) is 12.8. The molecule has 1 aromatic rings. The summed E-state index contributed by atoms with van der Waals surface area (Å²) in [6.45, 7) is 5.20. The van der Waals surface area contributed by atoms with Gasteiger partial charge in [0.25, 0.3) is 0 Å². The largest absolute Gasteiger partial charge is 0.338 e. The predicted octanol–water partition coefficient (Wildman–Crippen LogP) is 1.29. The van der Waals surface area contributed by atoms with E-state index in [9.17, 15) is 0 Å². The van der Waals surface area contributed by atoms with Gasteiger partial charge in [-0.05, 0) is 25.5 Å². The molecule has 1 saturated heterocycles. The van der Waals surface area contributed by atoms with Crippen LogP contribution >= 0.6 is 0 Å². The number of aromatic nitrogens is 2. The summed E-state index contributed by atoms with van der Waals surface area (Å²) in [7, 11) is 0. The molecule has 1 fully saturated rings. The SMILES string of the molecule is N#CCCCCN1CCN(c2ncccn2)CC1. The van der Waals surface area contributed by atoms with Crippen LogP contribution in [0.5, 0.6) is 0 Å². The number of rotatable bonds is 5. The summed E-state index contributed by atoms with van der Waals surface area (Å²) in [6.07, 6.45) is 6.39. The zero-order valence-corrected chi connectivity index (χ0v) is 10.6. The van der Waals surface area contributed by atoms with E-state index in [4.69, 9.17) is 5.26 Å². The van der Waals surface area contributed by atoms with Crippen molar-refractivity contribution in [3.63, 3.8) is 0 Å². The molecule has 0 amide bonds. The fourth-order valence-electron chi connectivity index (χ4n) is 2.17. The minimum atomic E-state index is 0.678. The highest BCUT2D eigenvalue weighted by molar-refractivity contribution is 5.29. The van der Waals surface area contributed by atoms with Crippen LogP contribution in [-0.2, 0) is 0 Å². The van der Waals surface area contributed by atoms with Crippen molar-refractivity contribution in [1.82, 2.24) is 14.9 Å². The topological polar surface area (TPSA) is 56.1 Å². The zero-order chi connectivity index (χ0) is 12.6. The Morgan fingerprint density at radius 2 is 1.83 bits per heavy atom. The highest BCUT2D eigenvalue weighted by Gasteiger charge is 2.17. The van der Waals surface area contributed by atoms with Crippen LogP contribution in [0.2, 0.25) is 0 Å². The Morgan fingerprint density at radius 1 is 1.11 bits per heavy atom. The van der Waals surface area contributed by atoms with Crippen molar-refractivity contribution >= 4 is 5.95 Å². The van der Waals surface area contributed by atoms with E-state index in [2.05, 4.69) is 25.8 Å². The Hall–Kier alpha value is -1.67. The summed E-state index contributed by atoms with van der Waals surface area (Å²) < 4.78 is 0. The molecule has 0 aliphatic carbocycles. The van der Waals surface area contributed by atoms with Crippen LogP contribution in [0.15, 0.2) is 18.5 Å². The molecule has 2 heterocycles. The van der Waals surface area contributed by atoms with Crippen molar-refractivity contribution in [3.05, 3.63) is 18.5 Å². The van der Waals surface area contributed by atoms with Crippen molar-refractivity contribution < 1.29 is 0 Å². The minimum absolute atomic E-state index is 0.678. The van der Waals surface area contributed by atoms with E-state index in [1.807, 2.05) is 6.07 Å². The molecule has 5 heteroatoms. The summed E-state index contributed by atoms with van der Waals surface area (Å²) in [5.41, 5.74) is 0. The van der Waals surface area contributed by atoms with E-state index >= 15 is 0 Å².